The first-order valence-electron chi connectivity index (χ1n) is 6.44. The Morgan fingerprint density at radius 2 is 1.80 bits per heavy atom. The lowest BCUT2D eigenvalue weighted by Crippen LogP contribution is -2.20. The lowest BCUT2D eigenvalue weighted by molar-refractivity contribution is -0.143. The fraction of sp³-hybridized carbons (Fsp3) is 0.312. The van der Waals surface area contributed by atoms with Crippen LogP contribution in [0.15, 0.2) is 42.5 Å². The minimum absolute atomic E-state index is 0. The molecule has 0 aromatic heterocycles. The number of rotatable bonds is 5. The van der Waals surface area contributed by atoms with Gasteiger partial charge in [0.05, 0.1) is 6.42 Å². The molecule has 0 radical (unpaired) electrons. The molecule has 0 saturated carbocycles. The lowest BCUT2D eigenvalue weighted by Gasteiger charge is -2.10. The number of benzene rings is 2. The predicted molar refractivity (Wildman–Crippen MR) is 84.4 cm³/mol. The van der Waals surface area contributed by atoms with E-state index in [0.717, 1.165) is 22.9 Å². The maximum atomic E-state index is 11.8. The number of hydrogen-bond donors (Lipinski definition) is 0. The van der Waals surface area contributed by atoms with Gasteiger partial charge in [-0.25, -0.2) is 0 Å². The number of fused-ring (bicyclic) bond motifs is 1. The van der Waals surface area contributed by atoms with Crippen LogP contribution in [0.2, 0.25) is 0 Å². The van der Waals surface area contributed by atoms with E-state index in [-0.39, 0.29) is 18.4 Å². The molecule has 0 N–H and O–H groups in total. The van der Waals surface area contributed by atoms with E-state index >= 15 is 0 Å². The quantitative estimate of drug-likeness (QED) is 0.794. The highest BCUT2D eigenvalue weighted by molar-refractivity contribution is 5.88. The van der Waals surface area contributed by atoms with Crippen molar-refractivity contribution in [2.24, 2.45) is 0 Å². The second-order valence-electron chi connectivity index (χ2n) is 4.84. The molecule has 108 valence electrons. The smallest absolute Gasteiger partial charge is 0.310 e. The molecule has 0 bridgehead atoms. The van der Waals surface area contributed by atoms with Crippen molar-refractivity contribution in [3.05, 3.63) is 48.0 Å². The second-order valence-corrected chi connectivity index (χ2v) is 4.84. The van der Waals surface area contributed by atoms with Gasteiger partial charge < -0.3 is 9.64 Å². The van der Waals surface area contributed by atoms with Gasteiger partial charge in [0.25, 0.3) is 0 Å². The third-order valence-electron chi connectivity index (χ3n) is 3.02. The zero-order valence-electron chi connectivity index (χ0n) is 11.8. The number of ether oxygens (including phenoxy) is 1. The standard InChI is InChI=1S/C16H19NO2.ClH/c1-17(2)10-11-19-16(18)12-14-8-5-7-13-6-3-4-9-15(13)14;/h3-9H,10-12H2,1-2H3;1H. The third kappa shape index (κ3) is 4.51. The van der Waals surface area contributed by atoms with Crippen molar-refractivity contribution in [3.63, 3.8) is 0 Å². The summed E-state index contributed by atoms with van der Waals surface area (Å²) in [5.74, 6) is -0.168. The maximum absolute atomic E-state index is 11.8. The molecule has 2 rings (SSSR count). The Morgan fingerprint density at radius 1 is 1.10 bits per heavy atom. The zero-order valence-corrected chi connectivity index (χ0v) is 12.7. The molecule has 0 fully saturated rings. The van der Waals surface area contributed by atoms with Crippen LogP contribution in [0.1, 0.15) is 5.56 Å². The molecule has 0 atom stereocenters. The molecular weight excluding hydrogens is 274 g/mol. The molecule has 2 aromatic rings. The van der Waals surface area contributed by atoms with Crippen molar-refractivity contribution in [2.75, 3.05) is 27.2 Å². The van der Waals surface area contributed by atoms with Gasteiger partial charge in [-0.3, -0.25) is 4.79 Å². The Hall–Kier alpha value is -1.58. The topological polar surface area (TPSA) is 29.5 Å². The SMILES string of the molecule is CN(C)CCOC(=O)Cc1cccc2ccccc12.Cl. The molecule has 20 heavy (non-hydrogen) atoms. The third-order valence-corrected chi connectivity index (χ3v) is 3.02. The van der Waals surface area contributed by atoms with Crippen LogP contribution in [-0.2, 0) is 16.0 Å². The second kappa shape index (κ2) is 7.88. The van der Waals surface area contributed by atoms with E-state index in [9.17, 15) is 4.79 Å². The summed E-state index contributed by atoms with van der Waals surface area (Å²) in [7, 11) is 3.91. The number of carbonyl (C=O) groups excluding carboxylic acids is 1. The highest BCUT2D eigenvalue weighted by Crippen LogP contribution is 2.19. The number of likely N-dealkylation sites (N-methyl/N-ethyl adjacent to an activating group) is 1. The Kier molecular flexibility index (Phi) is 6.49. The van der Waals surface area contributed by atoms with Crippen LogP contribution < -0.4 is 0 Å². The van der Waals surface area contributed by atoms with Crippen molar-refractivity contribution in [1.29, 1.82) is 0 Å². The van der Waals surface area contributed by atoms with E-state index in [0.29, 0.717) is 13.0 Å². The Bertz CT molecular complexity index is 564. The molecule has 0 aliphatic rings. The van der Waals surface area contributed by atoms with Gasteiger partial charge in [-0.2, -0.15) is 0 Å². The largest absolute Gasteiger partial charge is 0.464 e. The van der Waals surface area contributed by atoms with Crippen molar-refractivity contribution in [3.8, 4) is 0 Å². The molecular formula is C16H20ClNO2. The van der Waals surface area contributed by atoms with Crippen LogP contribution in [-0.4, -0.2) is 38.1 Å². The van der Waals surface area contributed by atoms with Gasteiger partial charge in [-0.05, 0) is 30.4 Å². The number of hydrogen-bond acceptors (Lipinski definition) is 3. The molecule has 0 heterocycles. The van der Waals surface area contributed by atoms with Gasteiger partial charge in [0.15, 0.2) is 0 Å². The summed E-state index contributed by atoms with van der Waals surface area (Å²) >= 11 is 0. The maximum Gasteiger partial charge on any atom is 0.310 e. The van der Waals surface area contributed by atoms with Crippen molar-refractivity contribution in [1.82, 2.24) is 4.90 Å². The Labute approximate surface area is 125 Å². The van der Waals surface area contributed by atoms with E-state index in [1.54, 1.807) is 0 Å². The highest BCUT2D eigenvalue weighted by atomic mass is 35.5. The van der Waals surface area contributed by atoms with Crippen LogP contribution in [0.5, 0.6) is 0 Å². The fourth-order valence-corrected chi connectivity index (χ4v) is 2.00. The molecule has 2 aromatic carbocycles. The van der Waals surface area contributed by atoms with Gasteiger partial charge >= 0.3 is 5.97 Å². The summed E-state index contributed by atoms with van der Waals surface area (Å²) < 4.78 is 5.23. The molecule has 0 amide bonds. The number of halogens is 1. The Morgan fingerprint density at radius 3 is 2.55 bits per heavy atom. The highest BCUT2D eigenvalue weighted by Gasteiger charge is 2.07. The minimum Gasteiger partial charge on any atom is -0.464 e. The summed E-state index contributed by atoms with van der Waals surface area (Å²) in [5, 5.41) is 2.27. The van der Waals surface area contributed by atoms with Crippen LogP contribution in [0, 0.1) is 0 Å². The first-order chi connectivity index (χ1) is 9.16. The monoisotopic (exact) mass is 293 g/mol. The average Bonchev–Trinajstić information content (AvgIpc) is 2.39. The number of nitrogens with zero attached hydrogens (tertiary/aromatic N) is 1. The Balaban J connectivity index is 0.00000200. The summed E-state index contributed by atoms with van der Waals surface area (Å²) in [5.41, 5.74) is 1.02. The van der Waals surface area contributed by atoms with Crippen LogP contribution in [0.25, 0.3) is 10.8 Å². The molecule has 3 nitrogen and oxygen atoms in total. The first kappa shape index (κ1) is 16.5. The zero-order chi connectivity index (χ0) is 13.7. The fourth-order valence-electron chi connectivity index (χ4n) is 2.00. The van der Waals surface area contributed by atoms with Gasteiger partial charge in [0, 0.05) is 6.54 Å². The first-order valence-corrected chi connectivity index (χ1v) is 6.44. The van der Waals surface area contributed by atoms with Crippen LogP contribution in [0.3, 0.4) is 0 Å². The molecule has 0 aliphatic heterocycles. The van der Waals surface area contributed by atoms with Crippen molar-refractivity contribution in [2.45, 2.75) is 6.42 Å². The lowest BCUT2D eigenvalue weighted by atomic mass is 10.0. The normalized spacial score (nSPS) is 10.3. The van der Waals surface area contributed by atoms with E-state index in [4.69, 9.17) is 4.74 Å². The molecule has 0 saturated heterocycles. The van der Waals surface area contributed by atoms with E-state index in [1.165, 1.54) is 0 Å². The predicted octanol–water partition coefficient (Wildman–Crippen LogP) is 2.91. The minimum atomic E-state index is -0.168. The molecule has 4 heteroatoms. The molecule has 0 unspecified atom stereocenters. The van der Waals surface area contributed by atoms with Gasteiger partial charge in [-0.15, -0.1) is 12.4 Å². The summed E-state index contributed by atoms with van der Waals surface area (Å²) in [4.78, 5) is 13.8. The molecule has 0 aliphatic carbocycles. The van der Waals surface area contributed by atoms with Crippen LogP contribution >= 0.6 is 12.4 Å². The van der Waals surface area contributed by atoms with Crippen LogP contribution in [0.4, 0.5) is 0 Å². The van der Waals surface area contributed by atoms with E-state index in [2.05, 4.69) is 12.1 Å². The number of carbonyl (C=O) groups is 1. The summed E-state index contributed by atoms with van der Waals surface area (Å²) in [6, 6.07) is 14.1. The van der Waals surface area contributed by atoms with Gasteiger partial charge in [0.2, 0.25) is 0 Å². The summed E-state index contributed by atoms with van der Waals surface area (Å²) in [6.45, 7) is 1.19. The van der Waals surface area contributed by atoms with E-state index in [1.807, 2.05) is 49.3 Å². The number of esters is 1. The van der Waals surface area contributed by atoms with Crippen molar-refractivity contribution >= 4 is 29.1 Å². The van der Waals surface area contributed by atoms with Gasteiger partial charge in [0.1, 0.15) is 6.61 Å². The molecule has 0 spiro atoms. The average molecular weight is 294 g/mol. The van der Waals surface area contributed by atoms with Crippen molar-refractivity contribution < 1.29 is 9.53 Å². The summed E-state index contributed by atoms with van der Waals surface area (Å²) in [6.07, 6.45) is 0.328. The van der Waals surface area contributed by atoms with E-state index < -0.39 is 0 Å². The van der Waals surface area contributed by atoms with Gasteiger partial charge in [-0.1, -0.05) is 42.5 Å².